The minimum atomic E-state index is -0.133. The lowest BCUT2D eigenvalue weighted by Gasteiger charge is -2.32. The zero-order chi connectivity index (χ0) is 16.7. The fourth-order valence-corrected chi connectivity index (χ4v) is 2.47. The van der Waals surface area contributed by atoms with Gasteiger partial charge in [0.2, 0.25) is 17.7 Å². The number of carbonyl (C=O) groups is 2. The zero-order valence-electron chi connectivity index (χ0n) is 13.6. The highest BCUT2D eigenvalue weighted by Gasteiger charge is 2.23. The number of nitrogens with one attached hydrogen (secondary N) is 1. The number of ether oxygens (including phenoxy) is 2. The van der Waals surface area contributed by atoms with Crippen molar-refractivity contribution in [3.63, 3.8) is 0 Å². The van der Waals surface area contributed by atoms with E-state index in [1.807, 2.05) is 4.90 Å². The summed E-state index contributed by atoms with van der Waals surface area (Å²) in [6.45, 7) is 3.29. The van der Waals surface area contributed by atoms with Crippen molar-refractivity contribution in [1.82, 2.24) is 9.88 Å². The van der Waals surface area contributed by atoms with Crippen molar-refractivity contribution in [3.05, 3.63) is 18.3 Å². The minimum absolute atomic E-state index is 0.0561. The van der Waals surface area contributed by atoms with Crippen molar-refractivity contribution in [1.29, 1.82) is 0 Å². The van der Waals surface area contributed by atoms with Crippen LogP contribution in [0, 0.1) is 0 Å². The maximum Gasteiger partial charge on any atom is 0.224 e. The Hall–Kier alpha value is -2.15. The van der Waals surface area contributed by atoms with Crippen molar-refractivity contribution in [3.8, 4) is 5.88 Å². The van der Waals surface area contributed by atoms with Crippen LogP contribution >= 0.6 is 0 Å². The van der Waals surface area contributed by atoms with Crippen LogP contribution in [0.5, 0.6) is 5.88 Å². The van der Waals surface area contributed by atoms with E-state index < -0.39 is 0 Å². The van der Waals surface area contributed by atoms with Crippen LogP contribution in [-0.4, -0.2) is 54.6 Å². The molecule has 0 spiro atoms. The molecule has 2 heterocycles. The molecule has 1 saturated heterocycles. The Labute approximate surface area is 136 Å². The lowest BCUT2D eigenvalue weighted by molar-refractivity contribution is -0.133. The third-order valence-electron chi connectivity index (χ3n) is 3.66. The number of methoxy groups -OCH3 is 1. The van der Waals surface area contributed by atoms with E-state index in [4.69, 9.17) is 9.47 Å². The molecule has 7 heteroatoms. The Morgan fingerprint density at radius 2 is 2.09 bits per heavy atom. The van der Waals surface area contributed by atoms with Crippen molar-refractivity contribution >= 4 is 17.5 Å². The first-order valence-corrected chi connectivity index (χ1v) is 7.75. The van der Waals surface area contributed by atoms with Gasteiger partial charge >= 0.3 is 0 Å². The van der Waals surface area contributed by atoms with Gasteiger partial charge in [0.1, 0.15) is 6.10 Å². The normalized spacial score (nSPS) is 15.3. The number of pyridine rings is 1. The summed E-state index contributed by atoms with van der Waals surface area (Å²) in [6, 6.07) is 3.49. The molecule has 0 aliphatic carbocycles. The number of carbonyl (C=O) groups excluding carboxylic acids is 2. The molecule has 1 aliphatic heterocycles. The summed E-state index contributed by atoms with van der Waals surface area (Å²) < 4.78 is 10.8. The van der Waals surface area contributed by atoms with E-state index in [-0.39, 0.29) is 17.9 Å². The highest BCUT2D eigenvalue weighted by Crippen LogP contribution is 2.19. The average Bonchev–Trinajstić information content (AvgIpc) is 2.54. The summed E-state index contributed by atoms with van der Waals surface area (Å²) in [5.74, 6) is 0.525. The molecule has 0 aromatic carbocycles. The summed E-state index contributed by atoms with van der Waals surface area (Å²) >= 11 is 0. The van der Waals surface area contributed by atoms with E-state index in [9.17, 15) is 9.59 Å². The number of nitrogens with zero attached hydrogens (tertiary/aromatic N) is 2. The standard InChI is InChI=1S/C16H23N3O4/c1-12(20)18-13-3-4-15(17-11-13)23-14-5-8-19(9-6-14)16(21)7-10-22-2/h3-4,11,14H,5-10H2,1-2H3,(H,18,20). The number of aromatic nitrogens is 1. The maximum absolute atomic E-state index is 11.9. The summed E-state index contributed by atoms with van der Waals surface area (Å²) in [6.07, 6.45) is 3.62. The van der Waals surface area contributed by atoms with Gasteiger partial charge in [-0.3, -0.25) is 9.59 Å². The van der Waals surface area contributed by atoms with Crippen LogP contribution in [0.4, 0.5) is 5.69 Å². The number of anilines is 1. The third kappa shape index (κ3) is 5.52. The van der Waals surface area contributed by atoms with Gasteiger partial charge in [0.05, 0.1) is 24.9 Å². The smallest absolute Gasteiger partial charge is 0.224 e. The maximum atomic E-state index is 11.9. The molecule has 1 fully saturated rings. The van der Waals surface area contributed by atoms with Crippen molar-refractivity contribution in [2.75, 3.05) is 32.1 Å². The van der Waals surface area contributed by atoms with E-state index in [2.05, 4.69) is 10.3 Å². The van der Waals surface area contributed by atoms with Crippen molar-refractivity contribution in [2.45, 2.75) is 32.3 Å². The largest absolute Gasteiger partial charge is 0.474 e. The number of hydrogen-bond acceptors (Lipinski definition) is 5. The molecule has 0 saturated carbocycles. The summed E-state index contributed by atoms with van der Waals surface area (Å²) in [5, 5.41) is 2.66. The van der Waals surface area contributed by atoms with Gasteiger partial charge in [0, 0.05) is 46.0 Å². The van der Waals surface area contributed by atoms with Gasteiger partial charge in [0.15, 0.2) is 0 Å². The molecule has 2 amide bonds. The Kier molecular flexibility index (Phi) is 6.34. The highest BCUT2D eigenvalue weighted by molar-refractivity contribution is 5.88. The molecular weight excluding hydrogens is 298 g/mol. The molecule has 126 valence electrons. The molecule has 1 aromatic rings. The monoisotopic (exact) mass is 321 g/mol. The zero-order valence-corrected chi connectivity index (χ0v) is 13.6. The minimum Gasteiger partial charge on any atom is -0.474 e. The number of hydrogen-bond donors (Lipinski definition) is 1. The van der Waals surface area contributed by atoms with E-state index in [1.165, 1.54) is 6.92 Å². The Morgan fingerprint density at radius 1 is 1.35 bits per heavy atom. The first-order valence-electron chi connectivity index (χ1n) is 7.75. The van der Waals surface area contributed by atoms with Crippen molar-refractivity contribution < 1.29 is 19.1 Å². The van der Waals surface area contributed by atoms with E-state index >= 15 is 0 Å². The lowest BCUT2D eigenvalue weighted by atomic mass is 10.1. The quantitative estimate of drug-likeness (QED) is 0.857. The summed E-state index contributed by atoms with van der Waals surface area (Å²) in [5.41, 5.74) is 0.642. The predicted molar refractivity (Wildman–Crippen MR) is 85.3 cm³/mol. The average molecular weight is 321 g/mol. The molecule has 0 unspecified atom stereocenters. The molecule has 23 heavy (non-hydrogen) atoms. The van der Waals surface area contributed by atoms with Gasteiger partial charge < -0.3 is 19.7 Å². The van der Waals surface area contributed by atoms with E-state index in [1.54, 1.807) is 25.4 Å². The number of amides is 2. The predicted octanol–water partition coefficient (Wildman–Crippen LogP) is 1.45. The molecule has 1 aromatic heterocycles. The van der Waals surface area contributed by atoms with Crippen LogP contribution in [0.1, 0.15) is 26.2 Å². The Morgan fingerprint density at radius 3 is 2.65 bits per heavy atom. The van der Waals surface area contributed by atoms with Crippen LogP contribution in [-0.2, 0) is 14.3 Å². The van der Waals surface area contributed by atoms with Gasteiger partial charge in [-0.2, -0.15) is 0 Å². The summed E-state index contributed by atoms with van der Waals surface area (Å²) in [4.78, 5) is 28.9. The second-order valence-corrected chi connectivity index (χ2v) is 5.51. The molecular formula is C16H23N3O4. The van der Waals surface area contributed by atoms with Crippen molar-refractivity contribution in [2.24, 2.45) is 0 Å². The molecule has 0 radical (unpaired) electrons. The van der Waals surface area contributed by atoms with Gasteiger partial charge in [-0.1, -0.05) is 0 Å². The highest BCUT2D eigenvalue weighted by atomic mass is 16.5. The van der Waals surface area contributed by atoms with Crippen LogP contribution in [0.2, 0.25) is 0 Å². The molecule has 0 atom stereocenters. The molecule has 2 rings (SSSR count). The van der Waals surface area contributed by atoms with Gasteiger partial charge in [-0.05, 0) is 6.07 Å². The molecule has 0 bridgehead atoms. The SMILES string of the molecule is COCCC(=O)N1CCC(Oc2ccc(NC(C)=O)cn2)CC1. The number of piperidine rings is 1. The Balaban J connectivity index is 1.77. The van der Waals surface area contributed by atoms with Gasteiger partial charge in [-0.15, -0.1) is 0 Å². The lowest BCUT2D eigenvalue weighted by Crippen LogP contribution is -2.42. The van der Waals surface area contributed by atoms with Crippen LogP contribution < -0.4 is 10.1 Å². The van der Waals surface area contributed by atoms with Crippen LogP contribution in [0.15, 0.2) is 18.3 Å². The first kappa shape index (κ1) is 17.2. The Bertz CT molecular complexity index is 525. The molecule has 1 aliphatic rings. The first-order chi connectivity index (χ1) is 11.1. The number of likely N-dealkylation sites (tertiary alicyclic amines) is 1. The molecule has 7 nitrogen and oxygen atoms in total. The third-order valence-corrected chi connectivity index (χ3v) is 3.66. The van der Waals surface area contributed by atoms with Crippen LogP contribution in [0.3, 0.4) is 0 Å². The van der Waals surface area contributed by atoms with Gasteiger partial charge in [0.25, 0.3) is 0 Å². The second kappa shape index (κ2) is 8.47. The fourth-order valence-electron chi connectivity index (χ4n) is 2.47. The van der Waals surface area contributed by atoms with Crippen LogP contribution in [0.25, 0.3) is 0 Å². The second-order valence-electron chi connectivity index (χ2n) is 5.51. The van der Waals surface area contributed by atoms with E-state index in [0.29, 0.717) is 37.7 Å². The fraction of sp³-hybridized carbons (Fsp3) is 0.562. The van der Waals surface area contributed by atoms with Gasteiger partial charge in [-0.25, -0.2) is 4.98 Å². The topological polar surface area (TPSA) is 80.8 Å². The van der Waals surface area contributed by atoms with E-state index in [0.717, 1.165) is 12.8 Å². The number of rotatable bonds is 6. The molecule has 1 N–H and O–H groups in total. The summed E-state index contributed by atoms with van der Waals surface area (Å²) in [7, 11) is 1.59.